The zero-order valence-electron chi connectivity index (χ0n) is 11.2. The van der Waals surface area contributed by atoms with Gasteiger partial charge in [-0.2, -0.15) is 0 Å². The third-order valence-electron chi connectivity index (χ3n) is 3.67. The van der Waals surface area contributed by atoms with Crippen LogP contribution in [0.2, 0.25) is 0 Å². The average molecular weight is 274 g/mol. The number of nitrogen functional groups attached to an aromatic ring is 1. The predicted molar refractivity (Wildman–Crippen MR) is 77.4 cm³/mol. The van der Waals surface area contributed by atoms with E-state index in [1.165, 1.54) is 6.33 Å². The van der Waals surface area contributed by atoms with Gasteiger partial charge in [0.15, 0.2) is 0 Å². The number of nitrogens with one attached hydrogen (secondary N) is 1. The molecule has 106 valence electrons. The van der Waals surface area contributed by atoms with Crippen LogP contribution in [-0.2, 0) is 4.74 Å². The number of nitrogens with two attached hydrogens (primary N) is 1. The van der Waals surface area contributed by atoms with Crippen molar-refractivity contribution in [1.29, 1.82) is 0 Å². The second-order valence-corrected chi connectivity index (χ2v) is 5.19. The first-order chi connectivity index (χ1) is 9.66. The fourth-order valence-corrected chi connectivity index (χ4v) is 2.39. The van der Waals surface area contributed by atoms with Crippen LogP contribution >= 0.6 is 0 Å². The highest BCUT2D eigenvalue weighted by atomic mass is 16.5. The summed E-state index contributed by atoms with van der Waals surface area (Å²) in [6.45, 7) is 1.64. The highest BCUT2D eigenvalue weighted by molar-refractivity contribution is 5.90. The molecule has 1 aliphatic heterocycles. The zero-order valence-corrected chi connectivity index (χ0v) is 11.2. The van der Waals surface area contributed by atoms with Gasteiger partial charge in [-0.15, -0.1) is 0 Å². The summed E-state index contributed by atoms with van der Waals surface area (Å²) in [5.74, 6) is 0.718. The Kier molecular flexibility index (Phi) is 3.42. The minimum Gasteiger partial charge on any atom is -0.399 e. The molecule has 0 amide bonds. The predicted octanol–water partition coefficient (Wildman–Crippen LogP) is 1.17. The van der Waals surface area contributed by atoms with Gasteiger partial charge in [-0.3, -0.25) is 0 Å². The van der Waals surface area contributed by atoms with E-state index in [1.807, 2.05) is 18.2 Å². The molecular weight excluding hydrogens is 256 g/mol. The maximum absolute atomic E-state index is 10.4. The molecule has 1 aromatic heterocycles. The molecule has 0 saturated carbocycles. The Balaban J connectivity index is 1.80. The lowest BCUT2D eigenvalue weighted by Crippen LogP contribution is -2.42. The van der Waals surface area contributed by atoms with E-state index in [1.54, 1.807) is 0 Å². The largest absolute Gasteiger partial charge is 0.399 e. The van der Waals surface area contributed by atoms with Crippen LogP contribution in [0.25, 0.3) is 10.9 Å². The molecule has 0 unspecified atom stereocenters. The monoisotopic (exact) mass is 274 g/mol. The number of benzene rings is 1. The maximum atomic E-state index is 10.4. The van der Waals surface area contributed by atoms with Crippen LogP contribution in [-0.4, -0.2) is 40.4 Å². The summed E-state index contributed by atoms with van der Waals surface area (Å²) < 4.78 is 5.27. The van der Waals surface area contributed by atoms with Crippen molar-refractivity contribution in [3.05, 3.63) is 24.5 Å². The molecule has 0 bridgehead atoms. The van der Waals surface area contributed by atoms with Gasteiger partial charge in [0.2, 0.25) is 0 Å². The third kappa shape index (κ3) is 2.66. The smallest absolute Gasteiger partial charge is 0.137 e. The minimum atomic E-state index is -0.733. The lowest BCUT2D eigenvalue weighted by molar-refractivity contribution is -0.0543. The van der Waals surface area contributed by atoms with Gasteiger partial charge in [0.25, 0.3) is 0 Å². The standard InChI is InChI=1S/C14H18N4O2/c15-10-1-2-11-12(7-10)17-9-18-13(11)16-8-14(19)3-5-20-6-4-14/h1-2,7,9,19H,3-6,8,15H2,(H,16,17,18). The number of fused-ring (bicyclic) bond motifs is 1. The Hall–Kier alpha value is -1.92. The fraction of sp³-hybridized carbons (Fsp3) is 0.429. The van der Waals surface area contributed by atoms with Crippen LogP contribution in [0.1, 0.15) is 12.8 Å². The van der Waals surface area contributed by atoms with E-state index in [2.05, 4.69) is 15.3 Å². The highest BCUT2D eigenvalue weighted by Gasteiger charge is 2.29. The van der Waals surface area contributed by atoms with Crippen LogP contribution in [0.4, 0.5) is 11.5 Å². The molecule has 1 saturated heterocycles. The molecule has 2 heterocycles. The third-order valence-corrected chi connectivity index (χ3v) is 3.67. The minimum absolute atomic E-state index is 0.451. The van der Waals surface area contributed by atoms with Crippen LogP contribution in [0, 0.1) is 0 Å². The van der Waals surface area contributed by atoms with Crippen molar-refractivity contribution in [2.75, 3.05) is 30.8 Å². The summed E-state index contributed by atoms with van der Waals surface area (Å²) >= 11 is 0. The number of hydrogen-bond acceptors (Lipinski definition) is 6. The summed E-state index contributed by atoms with van der Waals surface area (Å²) in [6, 6.07) is 5.52. The van der Waals surface area contributed by atoms with E-state index in [4.69, 9.17) is 10.5 Å². The molecule has 0 spiro atoms. The van der Waals surface area contributed by atoms with E-state index < -0.39 is 5.60 Å². The maximum Gasteiger partial charge on any atom is 0.137 e. The number of hydrogen-bond donors (Lipinski definition) is 3. The molecule has 0 aliphatic carbocycles. The molecule has 4 N–H and O–H groups in total. The van der Waals surface area contributed by atoms with Gasteiger partial charge in [-0.25, -0.2) is 9.97 Å². The Labute approximate surface area is 117 Å². The number of rotatable bonds is 3. The van der Waals surface area contributed by atoms with Gasteiger partial charge in [-0.05, 0) is 18.2 Å². The molecule has 20 heavy (non-hydrogen) atoms. The van der Waals surface area contributed by atoms with Crippen LogP contribution in [0.5, 0.6) is 0 Å². The van der Waals surface area contributed by atoms with Gasteiger partial charge < -0.3 is 20.9 Å². The van der Waals surface area contributed by atoms with Crippen molar-refractivity contribution >= 4 is 22.4 Å². The van der Waals surface area contributed by atoms with E-state index in [0.717, 1.165) is 16.7 Å². The molecule has 3 rings (SSSR count). The molecule has 0 radical (unpaired) electrons. The number of aliphatic hydroxyl groups is 1. The molecule has 6 heteroatoms. The lowest BCUT2D eigenvalue weighted by Gasteiger charge is -2.32. The average Bonchev–Trinajstić information content (AvgIpc) is 2.45. The first kappa shape index (κ1) is 13.1. The van der Waals surface area contributed by atoms with Gasteiger partial charge in [0.05, 0.1) is 11.1 Å². The second-order valence-electron chi connectivity index (χ2n) is 5.19. The van der Waals surface area contributed by atoms with E-state index >= 15 is 0 Å². The summed E-state index contributed by atoms with van der Waals surface area (Å²) in [4.78, 5) is 8.45. The summed E-state index contributed by atoms with van der Waals surface area (Å²) in [7, 11) is 0. The van der Waals surface area contributed by atoms with Crippen molar-refractivity contribution < 1.29 is 9.84 Å². The first-order valence-corrected chi connectivity index (χ1v) is 6.71. The van der Waals surface area contributed by atoms with Crippen molar-refractivity contribution in [3.8, 4) is 0 Å². The van der Waals surface area contributed by atoms with Crippen molar-refractivity contribution in [2.45, 2.75) is 18.4 Å². The zero-order chi connectivity index (χ0) is 14.0. The van der Waals surface area contributed by atoms with Gasteiger partial charge in [-0.1, -0.05) is 0 Å². The SMILES string of the molecule is Nc1ccc2c(NCC3(O)CCOCC3)ncnc2c1. The fourth-order valence-electron chi connectivity index (χ4n) is 2.39. The molecule has 1 fully saturated rings. The summed E-state index contributed by atoms with van der Waals surface area (Å²) in [6.07, 6.45) is 2.77. The van der Waals surface area contributed by atoms with Crippen LogP contribution < -0.4 is 11.1 Å². The van der Waals surface area contributed by atoms with Crippen molar-refractivity contribution in [1.82, 2.24) is 9.97 Å². The quantitative estimate of drug-likeness (QED) is 0.727. The molecular formula is C14H18N4O2. The normalized spacial score (nSPS) is 18.1. The summed E-state index contributed by atoms with van der Waals surface area (Å²) in [5.41, 5.74) is 6.48. The summed E-state index contributed by atoms with van der Waals surface area (Å²) in [5, 5.41) is 14.6. The first-order valence-electron chi connectivity index (χ1n) is 6.71. The highest BCUT2D eigenvalue weighted by Crippen LogP contribution is 2.24. The van der Waals surface area contributed by atoms with E-state index in [-0.39, 0.29) is 0 Å². The Bertz CT molecular complexity index is 611. The van der Waals surface area contributed by atoms with Crippen LogP contribution in [0.15, 0.2) is 24.5 Å². The second kappa shape index (κ2) is 5.22. The molecule has 1 aromatic carbocycles. The number of nitrogens with zero attached hydrogens (tertiary/aromatic N) is 2. The molecule has 6 nitrogen and oxygen atoms in total. The van der Waals surface area contributed by atoms with E-state index in [9.17, 15) is 5.11 Å². The Morgan fingerprint density at radius 1 is 1.30 bits per heavy atom. The lowest BCUT2D eigenvalue weighted by atomic mass is 9.94. The number of anilines is 2. The Morgan fingerprint density at radius 3 is 2.90 bits per heavy atom. The number of aromatic nitrogens is 2. The van der Waals surface area contributed by atoms with E-state index in [0.29, 0.717) is 38.3 Å². The number of ether oxygens (including phenoxy) is 1. The molecule has 0 atom stereocenters. The van der Waals surface area contributed by atoms with Crippen LogP contribution in [0.3, 0.4) is 0 Å². The van der Waals surface area contributed by atoms with Gasteiger partial charge in [0, 0.05) is 43.7 Å². The van der Waals surface area contributed by atoms with Gasteiger partial charge >= 0.3 is 0 Å². The van der Waals surface area contributed by atoms with Gasteiger partial charge in [0.1, 0.15) is 12.1 Å². The Morgan fingerprint density at radius 2 is 2.10 bits per heavy atom. The topological polar surface area (TPSA) is 93.3 Å². The van der Waals surface area contributed by atoms with Crippen molar-refractivity contribution in [2.24, 2.45) is 0 Å². The molecule has 1 aliphatic rings. The van der Waals surface area contributed by atoms with Crippen molar-refractivity contribution in [3.63, 3.8) is 0 Å². The molecule has 2 aromatic rings.